The van der Waals surface area contributed by atoms with Gasteiger partial charge in [0.25, 0.3) is 0 Å². The summed E-state index contributed by atoms with van der Waals surface area (Å²) in [6, 6.07) is 0.285. The molecule has 0 amide bonds. The Morgan fingerprint density at radius 3 is 2.81 bits per heavy atom. The molecule has 0 bridgehead atoms. The second-order valence-electron chi connectivity index (χ2n) is 5.90. The minimum Gasteiger partial charge on any atom is -0.384 e. The third kappa shape index (κ3) is 4.76. The van der Waals surface area contributed by atoms with Crippen LogP contribution in [0.5, 0.6) is 0 Å². The molecular weight excluding hydrogens is 268 g/mol. The van der Waals surface area contributed by atoms with Crippen LogP contribution in [0.15, 0.2) is 4.52 Å². The molecule has 0 saturated carbocycles. The van der Waals surface area contributed by atoms with Crippen molar-refractivity contribution < 1.29 is 9.26 Å². The lowest BCUT2D eigenvalue weighted by atomic mass is 10.1. The smallest absolute Gasteiger partial charge is 0.227 e. The summed E-state index contributed by atoms with van der Waals surface area (Å²) in [4.78, 5) is 7.10. The van der Waals surface area contributed by atoms with E-state index in [1.165, 1.54) is 0 Å². The van der Waals surface area contributed by atoms with Gasteiger partial charge in [-0.1, -0.05) is 25.4 Å². The monoisotopic (exact) mass is 296 g/mol. The second kappa shape index (κ2) is 8.46. The van der Waals surface area contributed by atoms with E-state index in [1.54, 1.807) is 7.11 Å². The lowest BCUT2D eigenvalue weighted by molar-refractivity contribution is 0.153. The van der Waals surface area contributed by atoms with Crippen LogP contribution in [0.2, 0.25) is 0 Å². The zero-order valence-electron chi connectivity index (χ0n) is 13.5. The summed E-state index contributed by atoms with van der Waals surface area (Å²) in [5, 5.41) is 7.62. The van der Waals surface area contributed by atoms with Crippen molar-refractivity contribution in [2.45, 2.75) is 39.2 Å². The molecular formula is C15H28N4O2. The van der Waals surface area contributed by atoms with Crippen LogP contribution in [-0.4, -0.2) is 54.9 Å². The highest BCUT2D eigenvalue weighted by Crippen LogP contribution is 2.24. The number of nitrogens with zero attached hydrogens (tertiary/aromatic N) is 3. The third-order valence-corrected chi connectivity index (χ3v) is 3.91. The molecule has 2 rings (SSSR count). The summed E-state index contributed by atoms with van der Waals surface area (Å²) in [6.07, 6.45) is 2.98. The van der Waals surface area contributed by atoms with Gasteiger partial charge >= 0.3 is 0 Å². The highest BCUT2D eigenvalue weighted by Gasteiger charge is 2.26. The topological polar surface area (TPSA) is 63.4 Å². The van der Waals surface area contributed by atoms with Crippen molar-refractivity contribution in [3.05, 3.63) is 11.7 Å². The molecule has 6 heteroatoms. The number of aromatic nitrogens is 2. The van der Waals surface area contributed by atoms with Gasteiger partial charge in [0.1, 0.15) is 0 Å². The third-order valence-electron chi connectivity index (χ3n) is 3.91. The largest absolute Gasteiger partial charge is 0.384 e. The molecule has 1 aromatic heterocycles. The first kappa shape index (κ1) is 16.4. The van der Waals surface area contributed by atoms with Gasteiger partial charge in [0.05, 0.1) is 6.04 Å². The molecule has 1 aliphatic heterocycles. The molecule has 2 atom stereocenters. The molecule has 0 aromatic carbocycles. The zero-order valence-corrected chi connectivity index (χ0v) is 13.5. The molecule has 0 aliphatic carbocycles. The molecule has 2 heterocycles. The van der Waals surface area contributed by atoms with Crippen molar-refractivity contribution in [2.75, 3.05) is 39.9 Å². The molecule has 0 radical (unpaired) electrons. The standard InChI is InChI=1S/C15H28N4O2/c1-4-5-13(19-8-6-16-7-9-19)15-17-14(21-18-15)10-12(2)11-20-3/h12-13,16H,4-11H2,1-3H3. The maximum absolute atomic E-state index is 5.44. The molecule has 1 fully saturated rings. The van der Waals surface area contributed by atoms with Gasteiger partial charge in [-0.25, -0.2) is 0 Å². The van der Waals surface area contributed by atoms with E-state index in [4.69, 9.17) is 9.26 Å². The fraction of sp³-hybridized carbons (Fsp3) is 0.867. The number of hydrogen-bond acceptors (Lipinski definition) is 6. The number of nitrogens with one attached hydrogen (secondary N) is 1. The van der Waals surface area contributed by atoms with E-state index in [0.29, 0.717) is 12.5 Å². The summed E-state index contributed by atoms with van der Waals surface area (Å²) in [6.45, 7) is 9.23. The van der Waals surface area contributed by atoms with Gasteiger partial charge in [-0.2, -0.15) is 4.98 Å². The molecule has 0 spiro atoms. The number of piperazine rings is 1. The molecule has 1 N–H and O–H groups in total. The summed E-state index contributed by atoms with van der Waals surface area (Å²) in [7, 11) is 1.72. The minimum atomic E-state index is 0.285. The van der Waals surface area contributed by atoms with Crippen LogP contribution in [0.25, 0.3) is 0 Å². The minimum absolute atomic E-state index is 0.285. The van der Waals surface area contributed by atoms with Gasteiger partial charge < -0.3 is 14.6 Å². The number of methoxy groups -OCH3 is 1. The lowest BCUT2D eigenvalue weighted by Crippen LogP contribution is -2.45. The molecule has 1 saturated heterocycles. The van der Waals surface area contributed by atoms with Crippen molar-refractivity contribution >= 4 is 0 Å². The van der Waals surface area contributed by atoms with Gasteiger partial charge in [0, 0.05) is 46.3 Å². The first-order valence-corrected chi connectivity index (χ1v) is 8.00. The van der Waals surface area contributed by atoms with Crippen molar-refractivity contribution in [1.29, 1.82) is 0 Å². The predicted molar refractivity (Wildman–Crippen MR) is 81.1 cm³/mol. The highest BCUT2D eigenvalue weighted by atomic mass is 16.5. The first-order chi connectivity index (χ1) is 10.2. The Morgan fingerprint density at radius 1 is 1.38 bits per heavy atom. The van der Waals surface area contributed by atoms with Gasteiger partial charge in [-0.3, -0.25) is 4.90 Å². The van der Waals surface area contributed by atoms with E-state index in [2.05, 4.69) is 34.2 Å². The van der Waals surface area contributed by atoms with Crippen LogP contribution in [0, 0.1) is 5.92 Å². The Kier molecular flexibility index (Phi) is 6.60. The number of ether oxygens (including phenoxy) is 1. The van der Waals surface area contributed by atoms with E-state index >= 15 is 0 Å². The molecule has 21 heavy (non-hydrogen) atoms. The van der Waals surface area contributed by atoms with E-state index in [-0.39, 0.29) is 6.04 Å². The van der Waals surface area contributed by atoms with Crippen LogP contribution in [0.1, 0.15) is 44.4 Å². The van der Waals surface area contributed by atoms with Crippen LogP contribution in [0.3, 0.4) is 0 Å². The SMILES string of the molecule is CCCC(c1noc(CC(C)COC)n1)N1CCNCC1. The predicted octanol–water partition coefficient (Wildman–Crippen LogP) is 1.64. The fourth-order valence-corrected chi connectivity index (χ4v) is 2.87. The molecule has 120 valence electrons. The summed E-state index contributed by atoms with van der Waals surface area (Å²) >= 11 is 0. The second-order valence-corrected chi connectivity index (χ2v) is 5.90. The van der Waals surface area contributed by atoms with Crippen molar-refractivity contribution in [3.8, 4) is 0 Å². The quantitative estimate of drug-likeness (QED) is 0.787. The zero-order chi connectivity index (χ0) is 15.1. The average Bonchev–Trinajstić information content (AvgIpc) is 2.94. The summed E-state index contributed by atoms with van der Waals surface area (Å²) in [5.74, 6) is 1.97. The van der Waals surface area contributed by atoms with Gasteiger partial charge in [-0.05, 0) is 12.3 Å². The average molecular weight is 296 g/mol. The van der Waals surface area contributed by atoms with E-state index in [9.17, 15) is 0 Å². The lowest BCUT2D eigenvalue weighted by Gasteiger charge is -2.33. The van der Waals surface area contributed by atoms with Crippen LogP contribution in [0.4, 0.5) is 0 Å². The van der Waals surface area contributed by atoms with Crippen molar-refractivity contribution in [1.82, 2.24) is 20.4 Å². The van der Waals surface area contributed by atoms with Gasteiger partial charge in [0.15, 0.2) is 5.82 Å². The number of rotatable bonds is 8. The van der Waals surface area contributed by atoms with Crippen LogP contribution in [-0.2, 0) is 11.2 Å². The Balaban J connectivity index is 2.01. The Bertz CT molecular complexity index is 404. The molecule has 1 aliphatic rings. The normalized spacial score (nSPS) is 19.6. The van der Waals surface area contributed by atoms with E-state index in [0.717, 1.165) is 57.2 Å². The molecule has 1 aromatic rings. The van der Waals surface area contributed by atoms with Crippen LogP contribution >= 0.6 is 0 Å². The van der Waals surface area contributed by atoms with E-state index in [1.807, 2.05) is 0 Å². The highest BCUT2D eigenvalue weighted by molar-refractivity contribution is 4.97. The Labute approximate surface area is 127 Å². The van der Waals surface area contributed by atoms with Gasteiger partial charge in [0.2, 0.25) is 5.89 Å². The van der Waals surface area contributed by atoms with Crippen LogP contribution < -0.4 is 5.32 Å². The maximum Gasteiger partial charge on any atom is 0.227 e. The Hall–Kier alpha value is -0.980. The molecule has 2 unspecified atom stereocenters. The van der Waals surface area contributed by atoms with E-state index < -0.39 is 0 Å². The number of hydrogen-bond donors (Lipinski definition) is 1. The van der Waals surface area contributed by atoms with Crippen molar-refractivity contribution in [3.63, 3.8) is 0 Å². The Morgan fingerprint density at radius 2 is 2.14 bits per heavy atom. The first-order valence-electron chi connectivity index (χ1n) is 8.00. The molecule has 6 nitrogen and oxygen atoms in total. The maximum atomic E-state index is 5.44. The fourth-order valence-electron chi connectivity index (χ4n) is 2.87. The summed E-state index contributed by atoms with van der Waals surface area (Å²) in [5.41, 5.74) is 0. The van der Waals surface area contributed by atoms with Gasteiger partial charge in [-0.15, -0.1) is 0 Å². The van der Waals surface area contributed by atoms with Crippen molar-refractivity contribution in [2.24, 2.45) is 5.92 Å². The summed E-state index contributed by atoms with van der Waals surface area (Å²) < 4.78 is 10.6.